The minimum absolute atomic E-state index is 0.114. The lowest BCUT2D eigenvalue weighted by molar-refractivity contribution is -0.348. The largest absolute Gasteiger partial charge is 0.444 e. The van der Waals surface area contributed by atoms with Crippen molar-refractivity contribution in [3.05, 3.63) is 79.8 Å². The lowest BCUT2D eigenvalue weighted by Gasteiger charge is -2.39. The van der Waals surface area contributed by atoms with Crippen molar-refractivity contribution >= 4 is 40.7 Å². The van der Waals surface area contributed by atoms with Crippen LogP contribution in [0.3, 0.4) is 0 Å². The molecule has 1 amide bonds. The maximum Gasteiger partial charge on any atom is 0.444 e. The average Bonchev–Trinajstić information content (AvgIpc) is 2.81. The number of nitrogens with zero attached hydrogens (tertiary/aromatic N) is 5. The van der Waals surface area contributed by atoms with Gasteiger partial charge in [0.05, 0.1) is 6.04 Å². The average molecular weight is 494 g/mol. The van der Waals surface area contributed by atoms with Crippen molar-refractivity contribution in [2.75, 3.05) is 33.3 Å². The van der Waals surface area contributed by atoms with E-state index in [9.17, 15) is 14.9 Å². The number of hydrogen-bond donors (Lipinski definition) is 1. The van der Waals surface area contributed by atoms with Gasteiger partial charge < -0.3 is 25.1 Å². The van der Waals surface area contributed by atoms with E-state index in [2.05, 4.69) is 20.0 Å². The molecule has 2 aromatic carbocycles. The number of hydrogen-bond acceptors (Lipinski definition) is 8. The maximum atomic E-state index is 12.9. The van der Waals surface area contributed by atoms with Crippen molar-refractivity contribution in [1.82, 2.24) is 9.80 Å². The van der Waals surface area contributed by atoms with Gasteiger partial charge in [0.15, 0.2) is 5.16 Å². The number of halogens is 2. The number of benzene rings is 2. The normalized spacial score (nSPS) is 15.6. The summed E-state index contributed by atoms with van der Waals surface area (Å²) in [5, 5.41) is 27.3. The molecular formula is C21H21Cl2N5O5. The highest BCUT2D eigenvalue weighted by molar-refractivity contribution is 6.64. The summed E-state index contributed by atoms with van der Waals surface area (Å²) >= 11 is 12.1. The third-order valence-corrected chi connectivity index (χ3v) is 5.71. The van der Waals surface area contributed by atoms with Gasteiger partial charge in [-0.2, -0.15) is 0 Å². The topological polar surface area (TPSA) is 121 Å². The van der Waals surface area contributed by atoms with Crippen LogP contribution in [0.2, 0.25) is 10.0 Å². The first-order chi connectivity index (χ1) is 15.8. The zero-order valence-corrected chi connectivity index (χ0v) is 19.1. The van der Waals surface area contributed by atoms with Crippen LogP contribution in [-0.2, 0) is 9.63 Å². The zero-order valence-electron chi connectivity index (χ0n) is 17.6. The van der Waals surface area contributed by atoms with E-state index in [1.165, 1.54) is 4.90 Å². The van der Waals surface area contributed by atoms with Gasteiger partial charge in [-0.1, -0.05) is 52.6 Å². The highest BCUT2D eigenvalue weighted by atomic mass is 35.5. The molecule has 0 aliphatic carbocycles. The second-order valence-electron chi connectivity index (χ2n) is 7.14. The molecule has 1 fully saturated rings. The van der Waals surface area contributed by atoms with Crippen LogP contribution in [0, 0.1) is 10.1 Å². The summed E-state index contributed by atoms with van der Waals surface area (Å²) in [6.45, 7) is 1.50. The van der Waals surface area contributed by atoms with E-state index in [-0.39, 0.29) is 19.1 Å². The predicted molar refractivity (Wildman–Crippen MR) is 124 cm³/mol. The summed E-state index contributed by atoms with van der Waals surface area (Å²) in [5.74, 6) is -1.83. The lowest BCUT2D eigenvalue weighted by atomic mass is 9.96. The van der Waals surface area contributed by atoms with E-state index in [1.54, 1.807) is 0 Å². The molecule has 1 heterocycles. The van der Waals surface area contributed by atoms with Crippen molar-refractivity contribution in [2.45, 2.75) is 6.04 Å². The molecule has 33 heavy (non-hydrogen) atoms. The Morgan fingerprint density at radius 2 is 1.52 bits per heavy atom. The number of carbonyl (C=O) groups excluding carboxylic acids is 1. The first-order valence-electron chi connectivity index (χ1n) is 9.88. The van der Waals surface area contributed by atoms with Crippen LogP contribution < -0.4 is 0 Å². The standard InChI is InChI=1S/C21H21Cl2N5O5/c1-33-25-18(20(24-30)28(31)32)21(29)27-12-10-26(11-13-27)19(14-2-6-16(22)7-3-14)15-4-8-17(23)9-5-15/h2-9,19,30H,10-13H2,1H3/b24-20-,25-18+. The van der Waals surface area contributed by atoms with E-state index in [0.717, 1.165) is 18.2 Å². The molecule has 0 unspecified atom stereocenters. The van der Waals surface area contributed by atoms with Gasteiger partial charge in [0, 0.05) is 36.2 Å². The van der Waals surface area contributed by atoms with Gasteiger partial charge in [-0.05, 0) is 40.3 Å². The molecule has 1 saturated heterocycles. The van der Waals surface area contributed by atoms with Crippen molar-refractivity contribution in [1.29, 1.82) is 0 Å². The number of oxime groups is 2. The molecule has 1 aliphatic rings. The smallest absolute Gasteiger partial charge is 0.398 e. The van der Waals surface area contributed by atoms with Crippen LogP contribution in [0.25, 0.3) is 0 Å². The third-order valence-electron chi connectivity index (χ3n) is 5.20. The van der Waals surface area contributed by atoms with Gasteiger partial charge in [-0.25, -0.2) is 0 Å². The van der Waals surface area contributed by atoms with Crippen LogP contribution in [0.15, 0.2) is 58.8 Å². The van der Waals surface area contributed by atoms with Crippen molar-refractivity contribution in [2.24, 2.45) is 10.3 Å². The molecule has 174 valence electrons. The maximum absolute atomic E-state index is 12.9. The fourth-order valence-corrected chi connectivity index (χ4v) is 3.93. The Bertz CT molecular complexity index is 1010. The highest BCUT2D eigenvalue weighted by Crippen LogP contribution is 2.31. The molecule has 0 bridgehead atoms. The Morgan fingerprint density at radius 3 is 1.91 bits per heavy atom. The van der Waals surface area contributed by atoms with Crippen LogP contribution >= 0.6 is 23.2 Å². The van der Waals surface area contributed by atoms with Crippen molar-refractivity contribution in [3.8, 4) is 0 Å². The number of amidine groups is 1. The second kappa shape index (κ2) is 11.1. The molecule has 2 aromatic rings. The summed E-state index contributed by atoms with van der Waals surface area (Å²) in [6.07, 6.45) is 0. The van der Waals surface area contributed by atoms with E-state index in [4.69, 9.17) is 28.4 Å². The van der Waals surface area contributed by atoms with Crippen molar-refractivity contribution < 1.29 is 19.8 Å². The molecule has 1 aliphatic heterocycles. The Kier molecular flexibility index (Phi) is 8.21. The SMILES string of the molecule is CO/N=C(C(=O)N1CCN(C(c2ccc(Cl)cc2)c2ccc(Cl)cc2)CC1)\C(=N\O)[N+](=O)[O-]. The number of rotatable bonds is 6. The summed E-state index contributed by atoms with van der Waals surface area (Å²) in [5.41, 5.74) is 1.36. The molecule has 0 spiro atoms. The number of carbonyl (C=O) groups is 1. The van der Waals surface area contributed by atoms with Crippen LogP contribution in [0.5, 0.6) is 0 Å². The molecule has 0 aromatic heterocycles. The van der Waals surface area contributed by atoms with Gasteiger partial charge in [0.1, 0.15) is 7.11 Å². The summed E-state index contributed by atoms with van der Waals surface area (Å²) in [7, 11) is 1.14. The van der Waals surface area contributed by atoms with Gasteiger partial charge >= 0.3 is 5.84 Å². The van der Waals surface area contributed by atoms with Crippen LogP contribution in [-0.4, -0.2) is 70.7 Å². The highest BCUT2D eigenvalue weighted by Gasteiger charge is 2.36. The van der Waals surface area contributed by atoms with E-state index < -0.39 is 22.4 Å². The van der Waals surface area contributed by atoms with Gasteiger partial charge in [0.25, 0.3) is 11.6 Å². The molecule has 10 nitrogen and oxygen atoms in total. The fourth-order valence-electron chi connectivity index (χ4n) is 3.67. The Hall–Kier alpha value is -3.21. The van der Waals surface area contributed by atoms with Gasteiger partial charge in [0.2, 0.25) is 0 Å². The predicted octanol–water partition coefficient (Wildman–Crippen LogP) is 3.29. The summed E-state index contributed by atoms with van der Waals surface area (Å²) < 4.78 is 0. The van der Waals surface area contributed by atoms with Crippen molar-refractivity contribution in [3.63, 3.8) is 0 Å². The second-order valence-corrected chi connectivity index (χ2v) is 8.01. The number of amides is 1. The Labute approximate surface area is 199 Å². The van der Waals surface area contributed by atoms with E-state index in [0.29, 0.717) is 23.1 Å². The van der Waals surface area contributed by atoms with Gasteiger partial charge in [-0.3, -0.25) is 9.69 Å². The Morgan fingerprint density at radius 1 is 1.03 bits per heavy atom. The fraction of sp³-hybridized carbons (Fsp3) is 0.286. The van der Waals surface area contributed by atoms with Crippen LogP contribution in [0.4, 0.5) is 0 Å². The molecule has 12 heteroatoms. The van der Waals surface area contributed by atoms with Gasteiger partial charge in [-0.15, -0.1) is 0 Å². The quantitative estimate of drug-likeness (QED) is 0.216. The summed E-state index contributed by atoms with van der Waals surface area (Å²) in [6, 6.07) is 15.0. The molecule has 0 radical (unpaired) electrons. The first kappa shape index (κ1) is 24.4. The van der Waals surface area contributed by atoms with E-state index in [1.807, 2.05) is 48.5 Å². The lowest BCUT2D eigenvalue weighted by Crippen LogP contribution is -2.53. The monoisotopic (exact) mass is 493 g/mol. The first-order valence-corrected chi connectivity index (χ1v) is 10.6. The molecule has 0 saturated carbocycles. The van der Waals surface area contributed by atoms with E-state index >= 15 is 0 Å². The molecule has 0 atom stereocenters. The Balaban J connectivity index is 1.82. The minimum atomic E-state index is -1.08. The number of piperazine rings is 1. The summed E-state index contributed by atoms with van der Waals surface area (Å²) in [4.78, 5) is 31.1. The van der Waals surface area contributed by atoms with Crippen LogP contribution in [0.1, 0.15) is 17.2 Å². The third kappa shape index (κ3) is 5.78. The number of nitro groups is 1. The zero-order chi connectivity index (χ0) is 24.0. The molecule has 1 N–H and O–H groups in total. The molecule has 3 rings (SSSR count). The minimum Gasteiger partial charge on any atom is -0.398 e. The molecular weight excluding hydrogens is 473 g/mol.